The molecule has 0 spiro atoms. The molecule has 0 radical (unpaired) electrons. The summed E-state index contributed by atoms with van der Waals surface area (Å²) in [6.07, 6.45) is -10.3. The Morgan fingerprint density at radius 2 is 1.48 bits per heavy atom. The standard InChI is InChI=1S/C11H7F6NO3/c12-10(13,14)6-1-5(8(9(20)21)18-4-19)2-7(3-6)11(15,16)17/h1-4,8H,(H,18,19)(H,20,21). The van der Waals surface area contributed by atoms with Gasteiger partial charge in [-0.05, 0) is 23.8 Å². The van der Waals surface area contributed by atoms with E-state index in [-0.39, 0.29) is 24.6 Å². The summed E-state index contributed by atoms with van der Waals surface area (Å²) < 4.78 is 75.5. The number of carbonyl (C=O) groups excluding carboxylic acids is 1. The number of hydrogen-bond donors (Lipinski definition) is 2. The lowest BCUT2D eigenvalue weighted by Crippen LogP contribution is -2.28. The zero-order chi connectivity index (χ0) is 16.4. The van der Waals surface area contributed by atoms with Crippen LogP contribution in [0.2, 0.25) is 0 Å². The van der Waals surface area contributed by atoms with Gasteiger partial charge in [-0.2, -0.15) is 26.3 Å². The maximum absolute atomic E-state index is 12.6. The first-order valence-electron chi connectivity index (χ1n) is 5.18. The van der Waals surface area contributed by atoms with Crippen molar-refractivity contribution in [1.29, 1.82) is 0 Å². The molecule has 0 aliphatic rings. The van der Waals surface area contributed by atoms with Crippen LogP contribution in [0.15, 0.2) is 18.2 Å². The molecule has 2 N–H and O–H groups in total. The highest BCUT2D eigenvalue weighted by Crippen LogP contribution is 2.37. The van der Waals surface area contributed by atoms with Crippen molar-refractivity contribution in [2.45, 2.75) is 18.4 Å². The van der Waals surface area contributed by atoms with Gasteiger partial charge in [0.1, 0.15) is 0 Å². The van der Waals surface area contributed by atoms with Gasteiger partial charge in [-0.25, -0.2) is 4.79 Å². The Labute approximate surface area is 113 Å². The monoisotopic (exact) mass is 315 g/mol. The molecule has 0 bridgehead atoms. The third kappa shape index (κ3) is 4.10. The van der Waals surface area contributed by atoms with Crippen molar-refractivity contribution >= 4 is 12.4 Å². The SMILES string of the molecule is O=CNC(C(=O)O)c1cc(C(F)(F)F)cc(C(F)(F)F)c1. The lowest BCUT2D eigenvalue weighted by Gasteiger charge is -2.17. The van der Waals surface area contributed by atoms with E-state index in [0.29, 0.717) is 0 Å². The van der Waals surface area contributed by atoms with Crippen LogP contribution in [0.5, 0.6) is 0 Å². The number of amides is 1. The Hall–Kier alpha value is -2.26. The number of aliphatic carboxylic acids is 1. The second kappa shape index (κ2) is 5.62. The molecule has 1 rings (SSSR count). The third-order valence-corrected chi connectivity index (χ3v) is 2.42. The first-order valence-corrected chi connectivity index (χ1v) is 5.18. The first kappa shape index (κ1) is 16.8. The molecule has 1 amide bonds. The van der Waals surface area contributed by atoms with E-state index in [1.54, 1.807) is 5.32 Å². The minimum atomic E-state index is -5.10. The molecular formula is C11H7F6NO3. The molecule has 0 aliphatic heterocycles. The van der Waals surface area contributed by atoms with E-state index in [1.807, 2.05) is 0 Å². The number of rotatable bonds is 4. The summed E-state index contributed by atoms with van der Waals surface area (Å²) >= 11 is 0. The largest absolute Gasteiger partial charge is 0.479 e. The summed E-state index contributed by atoms with van der Waals surface area (Å²) in [4.78, 5) is 21.1. The van der Waals surface area contributed by atoms with Crippen molar-refractivity contribution in [2.24, 2.45) is 0 Å². The number of hydrogen-bond acceptors (Lipinski definition) is 2. The van der Waals surface area contributed by atoms with Crippen molar-refractivity contribution in [3.05, 3.63) is 34.9 Å². The maximum Gasteiger partial charge on any atom is 0.416 e. The molecular weight excluding hydrogens is 308 g/mol. The zero-order valence-electron chi connectivity index (χ0n) is 9.92. The van der Waals surface area contributed by atoms with Crippen LogP contribution in [0.3, 0.4) is 0 Å². The third-order valence-electron chi connectivity index (χ3n) is 2.42. The number of carbonyl (C=O) groups is 2. The minimum Gasteiger partial charge on any atom is -0.479 e. The Morgan fingerprint density at radius 3 is 1.76 bits per heavy atom. The van der Waals surface area contributed by atoms with E-state index in [9.17, 15) is 35.9 Å². The summed E-state index contributed by atoms with van der Waals surface area (Å²) in [5, 5.41) is 10.4. The molecule has 21 heavy (non-hydrogen) atoms. The lowest BCUT2D eigenvalue weighted by molar-refractivity contribution is -0.144. The number of carboxylic acid groups (broad SMARTS) is 1. The molecule has 0 fully saturated rings. The highest BCUT2D eigenvalue weighted by molar-refractivity contribution is 5.78. The average Bonchev–Trinajstić information content (AvgIpc) is 2.32. The van der Waals surface area contributed by atoms with Gasteiger partial charge in [0, 0.05) is 0 Å². The van der Waals surface area contributed by atoms with E-state index in [2.05, 4.69) is 0 Å². The van der Waals surface area contributed by atoms with Crippen LogP contribution < -0.4 is 5.32 Å². The molecule has 4 nitrogen and oxygen atoms in total. The second-order valence-electron chi connectivity index (χ2n) is 3.89. The van der Waals surface area contributed by atoms with Crippen LogP contribution in [-0.2, 0) is 21.9 Å². The predicted octanol–water partition coefficient (Wildman–Crippen LogP) is 2.60. The molecule has 1 aromatic rings. The van der Waals surface area contributed by atoms with Crippen LogP contribution in [0.4, 0.5) is 26.3 Å². The van der Waals surface area contributed by atoms with Gasteiger partial charge in [0.2, 0.25) is 6.41 Å². The molecule has 0 saturated heterocycles. The van der Waals surface area contributed by atoms with Crippen molar-refractivity contribution in [3.63, 3.8) is 0 Å². The van der Waals surface area contributed by atoms with Crippen LogP contribution in [0.25, 0.3) is 0 Å². The molecule has 1 atom stereocenters. The number of alkyl halides is 6. The van der Waals surface area contributed by atoms with Gasteiger partial charge >= 0.3 is 18.3 Å². The predicted molar refractivity (Wildman–Crippen MR) is 56.0 cm³/mol. The fraction of sp³-hybridized carbons (Fsp3) is 0.273. The van der Waals surface area contributed by atoms with Crippen molar-refractivity contribution in [2.75, 3.05) is 0 Å². The number of carboxylic acids is 1. The lowest BCUT2D eigenvalue weighted by atomic mass is 9.99. The fourth-order valence-electron chi connectivity index (χ4n) is 1.52. The minimum absolute atomic E-state index is 0.133. The maximum atomic E-state index is 12.6. The van der Waals surface area contributed by atoms with Crippen LogP contribution >= 0.6 is 0 Å². The Bertz CT molecular complexity index is 520. The second-order valence-corrected chi connectivity index (χ2v) is 3.89. The van der Waals surface area contributed by atoms with Gasteiger partial charge in [-0.15, -0.1) is 0 Å². The van der Waals surface area contributed by atoms with Crippen LogP contribution in [-0.4, -0.2) is 17.5 Å². The van der Waals surface area contributed by atoms with Crippen LogP contribution in [0, 0.1) is 0 Å². The van der Waals surface area contributed by atoms with Gasteiger partial charge in [-0.3, -0.25) is 4.79 Å². The number of benzene rings is 1. The van der Waals surface area contributed by atoms with E-state index < -0.39 is 41.1 Å². The Morgan fingerprint density at radius 1 is 1.05 bits per heavy atom. The number of halogens is 6. The Kier molecular flexibility index (Phi) is 4.49. The van der Waals surface area contributed by atoms with Gasteiger partial charge in [0.15, 0.2) is 6.04 Å². The van der Waals surface area contributed by atoms with Gasteiger partial charge in [0.05, 0.1) is 11.1 Å². The molecule has 0 saturated carbocycles. The van der Waals surface area contributed by atoms with Gasteiger partial charge < -0.3 is 10.4 Å². The number of nitrogens with one attached hydrogen (secondary N) is 1. The summed E-state index contributed by atoms with van der Waals surface area (Å²) in [6, 6.07) is -1.68. The molecule has 10 heteroatoms. The van der Waals surface area contributed by atoms with E-state index >= 15 is 0 Å². The summed E-state index contributed by atoms with van der Waals surface area (Å²) in [5.41, 5.74) is -4.16. The summed E-state index contributed by atoms with van der Waals surface area (Å²) in [7, 11) is 0. The normalized spacial score (nSPS) is 13.6. The molecule has 0 aliphatic carbocycles. The van der Waals surface area contributed by atoms with Crippen molar-refractivity contribution < 1.29 is 41.0 Å². The average molecular weight is 315 g/mol. The highest BCUT2D eigenvalue weighted by atomic mass is 19.4. The Balaban J connectivity index is 3.50. The quantitative estimate of drug-likeness (QED) is 0.663. The van der Waals surface area contributed by atoms with Crippen LogP contribution in [0.1, 0.15) is 22.7 Å². The first-order chi connectivity index (χ1) is 9.46. The zero-order valence-corrected chi connectivity index (χ0v) is 9.92. The smallest absolute Gasteiger partial charge is 0.416 e. The summed E-state index contributed by atoms with van der Waals surface area (Å²) in [6.45, 7) is 0. The topological polar surface area (TPSA) is 66.4 Å². The van der Waals surface area contributed by atoms with Crippen molar-refractivity contribution in [1.82, 2.24) is 5.32 Å². The molecule has 1 unspecified atom stereocenters. The molecule has 1 aromatic carbocycles. The molecule has 0 aromatic heterocycles. The van der Waals surface area contributed by atoms with Gasteiger partial charge in [-0.1, -0.05) is 0 Å². The van der Waals surface area contributed by atoms with Gasteiger partial charge in [0.25, 0.3) is 0 Å². The van der Waals surface area contributed by atoms with E-state index in [1.165, 1.54) is 0 Å². The molecule has 116 valence electrons. The molecule has 0 heterocycles. The fourth-order valence-corrected chi connectivity index (χ4v) is 1.52. The van der Waals surface area contributed by atoms with Crippen molar-refractivity contribution in [3.8, 4) is 0 Å². The highest BCUT2D eigenvalue weighted by Gasteiger charge is 2.38. The van der Waals surface area contributed by atoms with E-state index in [4.69, 9.17) is 5.11 Å². The summed E-state index contributed by atoms with van der Waals surface area (Å²) in [5.74, 6) is -1.80. The van der Waals surface area contributed by atoms with E-state index in [0.717, 1.165) is 0 Å².